The van der Waals surface area contributed by atoms with Gasteiger partial charge in [-0.1, -0.05) is 6.42 Å². The molecule has 0 aromatic carbocycles. The van der Waals surface area contributed by atoms with E-state index in [1.54, 1.807) is 0 Å². The second-order valence-electron chi connectivity index (χ2n) is 3.13. The molecule has 0 amide bonds. The Morgan fingerprint density at radius 3 is 2.54 bits per heavy atom. The fraction of sp³-hybridized carbons (Fsp3) is 0.750. The van der Waals surface area contributed by atoms with Crippen LogP contribution in [-0.4, -0.2) is 16.9 Å². The normalized spacial score (nSPS) is 24.5. The third-order valence-electron chi connectivity index (χ3n) is 2.15. The SMILES string of the molecule is O=C1CCCC[C@@H]1C(=O)C(F)(F)Cl. The molecule has 1 rings (SSSR count). The molecule has 1 saturated carbocycles. The molecule has 5 heteroatoms. The molecule has 0 radical (unpaired) electrons. The maximum atomic E-state index is 12.3. The van der Waals surface area contributed by atoms with Crippen molar-refractivity contribution in [1.29, 1.82) is 0 Å². The van der Waals surface area contributed by atoms with Gasteiger partial charge in [-0.25, -0.2) is 0 Å². The summed E-state index contributed by atoms with van der Waals surface area (Å²) in [6.45, 7) is 0. The van der Waals surface area contributed by atoms with Gasteiger partial charge in [-0.05, 0) is 24.4 Å². The number of hydrogen-bond acceptors (Lipinski definition) is 2. The highest BCUT2D eigenvalue weighted by molar-refractivity contribution is 6.34. The minimum Gasteiger partial charge on any atom is -0.299 e. The Morgan fingerprint density at radius 2 is 2.08 bits per heavy atom. The van der Waals surface area contributed by atoms with Crippen molar-refractivity contribution in [3.05, 3.63) is 0 Å². The second kappa shape index (κ2) is 3.70. The third-order valence-corrected chi connectivity index (χ3v) is 2.34. The molecule has 13 heavy (non-hydrogen) atoms. The Bertz CT molecular complexity index is 235. The number of carbonyl (C=O) groups excluding carboxylic acids is 2. The highest BCUT2D eigenvalue weighted by atomic mass is 35.5. The molecule has 2 nitrogen and oxygen atoms in total. The van der Waals surface area contributed by atoms with E-state index in [0.29, 0.717) is 12.8 Å². The first-order valence-electron chi connectivity index (χ1n) is 4.06. The third kappa shape index (κ3) is 2.46. The molecular formula is C8H9ClF2O2. The number of ketones is 2. The predicted octanol–water partition coefficient (Wildman–Crippen LogP) is 2.15. The number of alkyl halides is 3. The lowest BCUT2D eigenvalue weighted by molar-refractivity contribution is -0.144. The van der Waals surface area contributed by atoms with E-state index in [1.807, 2.05) is 0 Å². The molecule has 1 atom stereocenters. The van der Waals surface area contributed by atoms with Crippen LogP contribution in [-0.2, 0) is 9.59 Å². The molecule has 0 spiro atoms. The molecule has 0 N–H and O–H groups in total. The highest BCUT2D eigenvalue weighted by Crippen LogP contribution is 2.30. The first kappa shape index (κ1) is 10.6. The van der Waals surface area contributed by atoms with Crippen molar-refractivity contribution in [3.8, 4) is 0 Å². The molecule has 74 valence electrons. The monoisotopic (exact) mass is 210 g/mol. The molecule has 0 unspecified atom stereocenters. The average Bonchev–Trinajstić information content (AvgIpc) is 2.02. The largest absolute Gasteiger partial charge is 0.381 e. The van der Waals surface area contributed by atoms with Crippen LogP contribution in [0, 0.1) is 5.92 Å². The molecule has 1 aliphatic rings. The van der Waals surface area contributed by atoms with E-state index in [2.05, 4.69) is 11.6 Å². The van der Waals surface area contributed by atoms with Gasteiger partial charge >= 0.3 is 5.38 Å². The summed E-state index contributed by atoms with van der Waals surface area (Å²) in [6.07, 6.45) is 1.73. The van der Waals surface area contributed by atoms with Gasteiger partial charge in [0.15, 0.2) is 0 Å². The zero-order valence-corrected chi connectivity index (χ0v) is 7.61. The van der Waals surface area contributed by atoms with Crippen molar-refractivity contribution in [1.82, 2.24) is 0 Å². The van der Waals surface area contributed by atoms with Crippen LogP contribution in [0.15, 0.2) is 0 Å². The standard InChI is InChI=1S/C8H9ClF2O2/c9-8(10,11)7(13)5-3-1-2-4-6(5)12/h5H,1-4H2/t5-/m0/s1. The molecular weight excluding hydrogens is 202 g/mol. The summed E-state index contributed by atoms with van der Waals surface area (Å²) in [5, 5.41) is -3.89. The summed E-state index contributed by atoms with van der Waals surface area (Å²) < 4.78 is 24.7. The fourth-order valence-corrected chi connectivity index (χ4v) is 1.59. The van der Waals surface area contributed by atoms with Gasteiger partial charge in [0.05, 0.1) is 5.92 Å². The number of halogens is 3. The van der Waals surface area contributed by atoms with Crippen LogP contribution in [0.25, 0.3) is 0 Å². The number of carbonyl (C=O) groups is 2. The summed E-state index contributed by atoms with van der Waals surface area (Å²) >= 11 is 4.55. The fourth-order valence-electron chi connectivity index (χ4n) is 1.46. The molecule has 0 heterocycles. The molecule has 0 saturated heterocycles. The summed E-state index contributed by atoms with van der Waals surface area (Å²) in [6, 6.07) is 0. The molecule has 0 aromatic rings. The van der Waals surface area contributed by atoms with E-state index in [4.69, 9.17) is 0 Å². The van der Waals surface area contributed by atoms with Crippen molar-refractivity contribution in [3.63, 3.8) is 0 Å². The molecule has 0 aliphatic heterocycles. The van der Waals surface area contributed by atoms with E-state index in [9.17, 15) is 18.4 Å². The van der Waals surface area contributed by atoms with Crippen LogP contribution >= 0.6 is 11.6 Å². The van der Waals surface area contributed by atoms with Crippen molar-refractivity contribution in [2.75, 3.05) is 0 Å². The lowest BCUT2D eigenvalue weighted by Crippen LogP contribution is -2.36. The van der Waals surface area contributed by atoms with Gasteiger partial charge in [-0.15, -0.1) is 0 Å². The number of hydrogen-bond donors (Lipinski definition) is 0. The molecule has 0 aromatic heterocycles. The van der Waals surface area contributed by atoms with Crippen LogP contribution < -0.4 is 0 Å². The van der Waals surface area contributed by atoms with Gasteiger partial charge in [0, 0.05) is 6.42 Å². The van der Waals surface area contributed by atoms with Crippen molar-refractivity contribution in [2.45, 2.75) is 31.1 Å². The lowest BCUT2D eigenvalue weighted by atomic mass is 9.85. The van der Waals surface area contributed by atoms with E-state index in [1.165, 1.54) is 0 Å². The summed E-state index contributed by atoms with van der Waals surface area (Å²) in [5.74, 6) is -3.03. The summed E-state index contributed by atoms with van der Waals surface area (Å²) in [4.78, 5) is 22.0. The highest BCUT2D eigenvalue weighted by Gasteiger charge is 2.44. The van der Waals surface area contributed by atoms with Crippen molar-refractivity contribution < 1.29 is 18.4 Å². The number of Topliss-reactive ketones (excluding diaryl/α,β-unsaturated/α-hetero) is 2. The first-order valence-corrected chi connectivity index (χ1v) is 4.44. The van der Waals surface area contributed by atoms with Crippen LogP contribution in [0.4, 0.5) is 8.78 Å². The lowest BCUT2D eigenvalue weighted by Gasteiger charge is -2.20. The van der Waals surface area contributed by atoms with Crippen molar-refractivity contribution >= 4 is 23.2 Å². The van der Waals surface area contributed by atoms with E-state index < -0.39 is 22.9 Å². The Kier molecular flexibility index (Phi) is 3.01. The Balaban J connectivity index is 2.70. The zero-order chi connectivity index (χ0) is 10.1. The molecule has 0 bridgehead atoms. The van der Waals surface area contributed by atoms with Crippen LogP contribution in [0.5, 0.6) is 0 Å². The van der Waals surface area contributed by atoms with Gasteiger partial charge in [0.1, 0.15) is 5.78 Å². The quantitative estimate of drug-likeness (QED) is 0.517. The van der Waals surface area contributed by atoms with Crippen LogP contribution in [0.3, 0.4) is 0 Å². The van der Waals surface area contributed by atoms with Crippen LogP contribution in [0.2, 0.25) is 0 Å². The van der Waals surface area contributed by atoms with E-state index >= 15 is 0 Å². The zero-order valence-electron chi connectivity index (χ0n) is 6.86. The first-order chi connectivity index (χ1) is 5.93. The predicted molar refractivity (Wildman–Crippen MR) is 42.8 cm³/mol. The van der Waals surface area contributed by atoms with Gasteiger partial charge in [0.2, 0.25) is 5.78 Å². The van der Waals surface area contributed by atoms with Gasteiger partial charge in [0.25, 0.3) is 0 Å². The molecule has 1 fully saturated rings. The van der Waals surface area contributed by atoms with E-state index in [0.717, 1.165) is 0 Å². The van der Waals surface area contributed by atoms with Gasteiger partial charge in [-0.3, -0.25) is 9.59 Å². The topological polar surface area (TPSA) is 34.1 Å². The van der Waals surface area contributed by atoms with Gasteiger partial charge in [-0.2, -0.15) is 8.78 Å². The average molecular weight is 211 g/mol. The minimum absolute atomic E-state index is 0.208. The Labute approximate surface area is 79.2 Å². The maximum Gasteiger partial charge on any atom is 0.381 e. The van der Waals surface area contributed by atoms with Crippen LogP contribution in [0.1, 0.15) is 25.7 Å². The molecule has 1 aliphatic carbocycles. The Morgan fingerprint density at radius 1 is 1.46 bits per heavy atom. The van der Waals surface area contributed by atoms with Gasteiger partial charge < -0.3 is 0 Å². The van der Waals surface area contributed by atoms with Crippen molar-refractivity contribution in [2.24, 2.45) is 5.92 Å². The van der Waals surface area contributed by atoms with E-state index in [-0.39, 0.29) is 12.8 Å². The smallest absolute Gasteiger partial charge is 0.299 e. The Hall–Kier alpha value is -0.510. The summed E-state index contributed by atoms with van der Waals surface area (Å²) in [7, 11) is 0. The second-order valence-corrected chi connectivity index (χ2v) is 3.60. The number of rotatable bonds is 2. The summed E-state index contributed by atoms with van der Waals surface area (Å²) in [5.41, 5.74) is 0. The minimum atomic E-state index is -3.89. The maximum absolute atomic E-state index is 12.3.